The van der Waals surface area contributed by atoms with Crippen LogP contribution < -0.4 is 5.32 Å². The van der Waals surface area contributed by atoms with E-state index in [-0.39, 0.29) is 18.5 Å². The Morgan fingerprint density at radius 1 is 0.389 bits per heavy atom. The Balaban J connectivity index is 3.40. The second kappa shape index (κ2) is 61.9. The zero-order valence-corrected chi connectivity index (χ0v) is 48.7. The first-order valence-corrected chi connectivity index (χ1v) is 32.6. The molecule has 0 aromatic carbocycles. The molecular formula is C66H127NO5. The second-order valence-corrected chi connectivity index (χ2v) is 22.5. The zero-order valence-electron chi connectivity index (χ0n) is 48.7. The molecule has 0 fully saturated rings. The molecule has 6 nitrogen and oxygen atoms in total. The number of carbonyl (C=O) groups excluding carboxylic acids is 2. The van der Waals surface area contributed by atoms with E-state index in [9.17, 15) is 19.8 Å². The largest absolute Gasteiger partial charge is 0.466 e. The van der Waals surface area contributed by atoms with Crippen LogP contribution in [0, 0.1) is 0 Å². The number of hydrogen-bond donors (Lipinski definition) is 3. The van der Waals surface area contributed by atoms with Crippen LogP contribution >= 0.6 is 0 Å². The topological polar surface area (TPSA) is 95.9 Å². The molecule has 0 aromatic heterocycles. The number of unbranched alkanes of at least 4 members (excludes halogenated alkanes) is 46. The number of aliphatic hydroxyl groups excluding tert-OH is 2. The van der Waals surface area contributed by atoms with Crippen LogP contribution in [0.4, 0.5) is 0 Å². The molecule has 0 saturated carbocycles. The van der Waals surface area contributed by atoms with Crippen molar-refractivity contribution >= 4 is 11.9 Å². The number of carbonyl (C=O) groups is 2. The molecule has 0 rings (SSSR count). The lowest BCUT2D eigenvalue weighted by atomic mass is 10.0. The van der Waals surface area contributed by atoms with Gasteiger partial charge in [-0.15, -0.1) is 0 Å². The van der Waals surface area contributed by atoms with Crippen molar-refractivity contribution in [2.24, 2.45) is 0 Å². The molecule has 0 aliphatic heterocycles. The average molecular weight is 1010 g/mol. The van der Waals surface area contributed by atoms with E-state index in [1.807, 2.05) is 0 Å². The minimum absolute atomic E-state index is 0.00208. The Bertz CT molecular complexity index is 1120. The summed E-state index contributed by atoms with van der Waals surface area (Å²) < 4.78 is 5.48. The molecule has 1 amide bonds. The number of nitrogens with one attached hydrogen (secondary N) is 1. The number of ether oxygens (including phenoxy) is 1. The third kappa shape index (κ3) is 57.6. The third-order valence-corrected chi connectivity index (χ3v) is 15.3. The number of allylic oxidation sites excluding steroid dienone is 4. The fraction of sp³-hybridized carbons (Fsp3) is 0.909. The summed E-state index contributed by atoms with van der Waals surface area (Å²) in [6.45, 7) is 4.95. The van der Waals surface area contributed by atoms with Crippen LogP contribution in [0.15, 0.2) is 24.3 Å². The van der Waals surface area contributed by atoms with Crippen LogP contribution in [-0.4, -0.2) is 47.4 Å². The van der Waals surface area contributed by atoms with Gasteiger partial charge in [0.1, 0.15) is 0 Å². The highest BCUT2D eigenvalue weighted by Gasteiger charge is 2.20. The Morgan fingerprint density at radius 2 is 0.694 bits per heavy atom. The van der Waals surface area contributed by atoms with E-state index in [4.69, 9.17) is 4.74 Å². The molecule has 0 aromatic rings. The molecule has 0 spiro atoms. The van der Waals surface area contributed by atoms with Crippen molar-refractivity contribution in [3.63, 3.8) is 0 Å². The standard InChI is InChI=1S/C66H127NO5/c1-3-5-7-9-11-13-15-17-19-21-24-27-30-34-38-42-46-50-54-58-64(69)63(62-68)67-65(70)59-55-51-47-43-39-35-31-28-25-22-23-26-29-33-37-41-45-49-53-57-61-72-66(71)60-56-52-48-44-40-36-32-20-18-16-14-12-10-8-6-4-2/h14,16,20,32,63-64,68-69H,3-13,15,17-19,21-31,33-62H2,1-2H3,(H,67,70)/b16-14-,32-20-. The van der Waals surface area contributed by atoms with Crippen molar-refractivity contribution in [1.82, 2.24) is 5.32 Å². The summed E-state index contributed by atoms with van der Waals surface area (Å²) in [6.07, 6.45) is 76.2. The van der Waals surface area contributed by atoms with E-state index in [1.54, 1.807) is 0 Å². The van der Waals surface area contributed by atoms with E-state index < -0.39 is 12.1 Å². The van der Waals surface area contributed by atoms with Crippen LogP contribution in [0.1, 0.15) is 361 Å². The molecule has 426 valence electrons. The summed E-state index contributed by atoms with van der Waals surface area (Å²) in [4.78, 5) is 24.6. The van der Waals surface area contributed by atoms with Gasteiger partial charge in [0.2, 0.25) is 5.91 Å². The maximum atomic E-state index is 12.5. The van der Waals surface area contributed by atoms with E-state index in [0.29, 0.717) is 25.9 Å². The minimum atomic E-state index is -0.666. The van der Waals surface area contributed by atoms with Gasteiger partial charge in [0.05, 0.1) is 25.4 Å². The van der Waals surface area contributed by atoms with Gasteiger partial charge in [-0.25, -0.2) is 0 Å². The molecule has 2 atom stereocenters. The number of hydrogen-bond acceptors (Lipinski definition) is 5. The van der Waals surface area contributed by atoms with Crippen molar-refractivity contribution in [3.05, 3.63) is 24.3 Å². The first-order chi connectivity index (χ1) is 35.5. The molecule has 0 saturated heterocycles. The van der Waals surface area contributed by atoms with Crippen molar-refractivity contribution in [2.45, 2.75) is 373 Å². The molecule has 0 radical (unpaired) electrons. The maximum Gasteiger partial charge on any atom is 0.305 e. The van der Waals surface area contributed by atoms with Gasteiger partial charge in [0, 0.05) is 12.8 Å². The van der Waals surface area contributed by atoms with Gasteiger partial charge in [-0.1, -0.05) is 314 Å². The van der Waals surface area contributed by atoms with Gasteiger partial charge in [-0.3, -0.25) is 9.59 Å². The Hall–Kier alpha value is -1.66. The summed E-state index contributed by atoms with van der Waals surface area (Å²) in [5.41, 5.74) is 0. The summed E-state index contributed by atoms with van der Waals surface area (Å²) in [7, 11) is 0. The number of rotatable bonds is 61. The lowest BCUT2D eigenvalue weighted by Gasteiger charge is -2.22. The molecule has 0 bridgehead atoms. The Morgan fingerprint density at radius 3 is 1.07 bits per heavy atom. The normalized spacial score (nSPS) is 12.7. The first kappa shape index (κ1) is 70.3. The Kier molecular flexibility index (Phi) is 60.5. The average Bonchev–Trinajstić information content (AvgIpc) is 3.38. The van der Waals surface area contributed by atoms with E-state index in [2.05, 4.69) is 43.5 Å². The molecule has 0 aliphatic rings. The van der Waals surface area contributed by atoms with Crippen molar-refractivity contribution < 1.29 is 24.5 Å². The quantitative estimate of drug-likeness (QED) is 0.0320. The molecule has 0 aliphatic carbocycles. The van der Waals surface area contributed by atoms with Gasteiger partial charge >= 0.3 is 5.97 Å². The summed E-state index contributed by atoms with van der Waals surface area (Å²) in [5.74, 6) is -0.0358. The van der Waals surface area contributed by atoms with E-state index in [0.717, 1.165) is 51.4 Å². The molecular weight excluding hydrogens is 887 g/mol. The molecule has 0 heterocycles. The summed E-state index contributed by atoms with van der Waals surface area (Å²) >= 11 is 0. The molecule has 2 unspecified atom stereocenters. The lowest BCUT2D eigenvalue weighted by molar-refractivity contribution is -0.143. The van der Waals surface area contributed by atoms with E-state index >= 15 is 0 Å². The predicted octanol–water partition coefficient (Wildman–Crippen LogP) is 20.6. The predicted molar refractivity (Wildman–Crippen MR) is 315 cm³/mol. The van der Waals surface area contributed by atoms with Crippen molar-refractivity contribution in [3.8, 4) is 0 Å². The third-order valence-electron chi connectivity index (χ3n) is 15.3. The second-order valence-electron chi connectivity index (χ2n) is 22.5. The highest BCUT2D eigenvalue weighted by Crippen LogP contribution is 2.18. The van der Waals surface area contributed by atoms with Gasteiger partial charge in [-0.2, -0.15) is 0 Å². The van der Waals surface area contributed by atoms with Crippen molar-refractivity contribution in [2.75, 3.05) is 13.2 Å². The number of amides is 1. The van der Waals surface area contributed by atoms with Crippen molar-refractivity contribution in [1.29, 1.82) is 0 Å². The number of aliphatic hydroxyl groups is 2. The SMILES string of the molecule is CCCCCC/C=C\C/C=C\CCCCCCCC(=O)OCCCCCCCCCCCCCCCCCCCCCCC(=O)NC(CO)C(O)CCCCCCCCCCCCCCCCCCCCC. The van der Waals surface area contributed by atoms with E-state index in [1.165, 1.54) is 276 Å². The zero-order chi connectivity index (χ0) is 52.2. The first-order valence-electron chi connectivity index (χ1n) is 32.6. The van der Waals surface area contributed by atoms with Crippen LogP contribution in [0.2, 0.25) is 0 Å². The highest BCUT2D eigenvalue weighted by atomic mass is 16.5. The maximum absolute atomic E-state index is 12.5. The summed E-state index contributed by atoms with van der Waals surface area (Å²) in [6, 6.07) is -0.544. The molecule has 6 heteroatoms. The van der Waals surface area contributed by atoms with Gasteiger partial charge in [0.25, 0.3) is 0 Å². The number of esters is 1. The van der Waals surface area contributed by atoms with Gasteiger partial charge in [-0.05, 0) is 57.8 Å². The molecule has 3 N–H and O–H groups in total. The van der Waals surface area contributed by atoms with Crippen LogP contribution in [0.3, 0.4) is 0 Å². The molecule has 72 heavy (non-hydrogen) atoms. The fourth-order valence-electron chi connectivity index (χ4n) is 10.3. The Labute approximate surface area is 450 Å². The van der Waals surface area contributed by atoms with Crippen LogP contribution in [0.25, 0.3) is 0 Å². The van der Waals surface area contributed by atoms with Gasteiger partial charge < -0.3 is 20.3 Å². The smallest absolute Gasteiger partial charge is 0.305 e. The monoisotopic (exact) mass is 1010 g/mol. The lowest BCUT2D eigenvalue weighted by Crippen LogP contribution is -2.45. The summed E-state index contributed by atoms with van der Waals surface area (Å²) in [5, 5.41) is 23.4. The van der Waals surface area contributed by atoms with Crippen LogP contribution in [-0.2, 0) is 14.3 Å². The van der Waals surface area contributed by atoms with Gasteiger partial charge in [0.15, 0.2) is 0 Å². The highest BCUT2D eigenvalue weighted by molar-refractivity contribution is 5.76. The fourth-order valence-corrected chi connectivity index (χ4v) is 10.3. The van der Waals surface area contributed by atoms with Crippen LogP contribution in [0.5, 0.6) is 0 Å². The minimum Gasteiger partial charge on any atom is -0.466 e.